The maximum Gasteiger partial charge on any atom is 0.308 e. The van der Waals surface area contributed by atoms with Crippen LogP contribution in [0, 0.1) is 5.92 Å². The number of benzene rings is 1. The van der Waals surface area contributed by atoms with Crippen LogP contribution in [0.25, 0.3) is 6.08 Å². The topological polar surface area (TPSA) is 76.1 Å². The summed E-state index contributed by atoms with van der Waals surface area (Å²) in [6.45, 7) is 2.01. The Labute approximate surface area is 140 Å². The van der Waals surface area contributed by atoms with E-state index in [2.05, 4.69) is 0 Å². The molecule has 1 amide bonds. The maximum absolute atomic E-state index is 12.9. The zero-order valence-corrected chi connectivity index (χ0v) is 13.8. The van der Waals surface area contributed by atoms with Gasteiger partial charge in [0, 0.05) is 18.2 Å². The van der Waals surface area contributed by atoms with E-state index in [-0.39, 0.29) is 25.1 Å². The number of rotatable bonds is 6. The summed E-state index contributed by atoms with van der Waals surface area (Å²) in [4.78, 5) is 25.7. The molecule has 1 unspecified atom stereocenters. The summed E-state index contributed by atoms with van der Waals surface area (Å²) in [6.07, 6.45) is 3.66. The molecule has 0 saturated heterocycles. The van der Waals surface area contributed by atoms with Crippen LogP contribution >= 0.6 is 0 Å². The van der Waals surface area contributed by atoms with Crippen molar-refractivity contribution < 1.29 is 24.2 Å². The molecule has 1 atom stereocenters. The normalized spacial score (nSPS) is 17.2. The molecule has 24 heavy (non-hydrogen) atoms. The van der Waals surface area contributed by atoms with E-state index in [1.165, 1.54) is 0 Å². The summed E-state index contributed by atoms with van der Waals surface area (Å²) in [5, 5.41) is 9.12. The Morgan fingerprint density at radius 2 is 2.17 bits per heavy atom. The molecule has 6 nitrogen and oxygen atoms in total. The largest absolute Gasteiger partial charge is 0.493 e. The fraction of sp³-hybridized carbons (Fsp3) is 0.444. The molecule has 2 aliphatic rings. The van der Waals surface area contributed by atoms with Gasteiger partial charge in [-0.05, 0) is 25.0 Å². The maximum atomic E-state index is 12.9. The van der Waals surface area contributed by atoms with Crippen molar-refractivity contribution in [3.05, 3.63) is 29.3 Å². The molecule has 0 bridgehead atoms. The molecule has 0 aromatic heterocycles. The molecule has 128 valence electrons. The second kappa shape index (κ2) is 6.55. The lowest BCUT2D eigenvalue weighted by Gasteiger charge is -2.27. The predicted octanol–water partition coefficient (Wildman–Crippen LogP) is 2.18. The molecule has 1 aromatic rings. The summed E-state index contributed by atoms with van der Waals surface area (Å²) in [5.74, 6) is -0.356. The fourth-order valence-electron chi connectivity index (χ4n) is 2.81. The highest BCUT2D eigenvalue weighted by atomic mass is 16.5. The van der Waals surface area contributed by atoms with E-state index in [0.717, 1.165) is 18.4 Å². The smallest absolute Gasteiger partial charge is 0.308 e. The molecule has 6 heteroatoms. The fourth-order valence-corrected chi connectivity index (χ4v) is 2.81. The summed E-state index contributed by atoms with van der Waals surface area (Å²) in [6, 6.07) is 5.67. The van der Waals surface area contributed by atoms with Gasteiger partial charge in [0.05, 0.1) is 18.6 Å². The standard InChI is InChI=1S/C18H21NO5/c1-11(18(21)22)9-19(14-6-7-14)17(20)13-8-12-4-3-5-15(23-2)16(12)24-10-13/h3-5,8,11,14H,6-7,9-10H2,1-2H3,(H,21,22). The van der Waals surface area contributed by atoms with Gasteiger partial charge in [0.2, 0.25) is 0 Å². The lowest BCUT2D eigenvalue weighted by molar-refractivity contribution is -0.142. The van der Waals surface area contributed by atoms with E-state index < -0.39 is 11.9 Å². The van der Waals surface area contributed by atoms with Gasteiger partial charge in [0.1, 0.15) is 6.61 Å². The minimum absolute atomic E-state index is 0.140. The highest BCUT2D eigenvalue weighted by molar-refractivity contribution is 5.99. The minimum atomic E-state index is -0.891. The van der Waals surface area contributed by atoms with E-state index in [9.17, 15) is 9.59 Å². The number of methoxy groups -OCH3 is 1. The molecule has 1 saturated carbocycles. The van der Waals surface area contributed by atoms with E-state index in [1.54, 1.807) is 18.9 Å². The number of hydrogen-bond acceptors (Lipinski definition) is 4. The van der Waals surface area contributed by atoms with Crippen LogP contribution in [0.15, 0.2) is 23.8 Å². The Balaban J connectivity index is 1.83. The van der Waals surface area contributed by atoms with Crippen molar-refractivity contribution in [2.45, 2.75) is 25.8 Å². The number of carbonyl (C=O) groups excluding carboxylic acids is 1. The van der Waals surface area contributed by atoms with Crippen molar-refractivity contribution in [2.75, 3.05) is 20.3 Å². The van der Waals surface area contributed by atoms with Crippen molar-refractivity contribution >= 4 is 18.0 Å². The van der Waals surface area contributed by atoms with E-state index in [0.29, 0.717) is 17.1 Å². The van der Waals surface area contributed by atoms with Crippen LogP contribution < -0.4 is 9.47 Å². The van der Waals surface area contributed by atoms with E-state index in [4.69, 9.17) is 14.6 Å². The number of carboxylic acids is 1. The number of fused-ring (bicyclic) bond motifs is 1. The SMILES string of the molecule is COc1cccc2c1OCC(C(=O)N(CC(C)C(=O)O)C1CC1)=C2. The average Bonchev–Trinajstić information content (AvgIpc) is 3.42. The molecule has 0 spiro atoms. The van der Waals surface area contributed by atoms with Crippen LogP contribution in [-0.2, 0) is 9.59 Å². The van der Waals surface area contributed by atoms with Crippen molar-refractivity contribution in [3.63, 3.8) is 0 Å². The van der Waals surface area contributed by atoms with Gasteiger partial charge in [0.15, 0.2) is 11.5 Å². The Bertz CT molecular complexity index is 693. The van der Waals surface area contributed by atoms with Crippen molar-refractivity contribution in [3.8, 4) is 11.5 Å². The lowest BCUT2D eigenvalue weighted by atomic mass is 10.0. The number of nitrogens with zero attached hydrogens (tertiary/aromatic N) is 1. The summed E-state index contributed by atoms with van der Waals surface area (Å²) in [5.41, 5.74) is 1.34. The number of ether oxygens (including phenoxy) is 2. The minimum Gasteiger partial charge on any atom is -0.493 e. The second-order valence-electron chi connectivity index (χ2n) is 6.26. The summed E-state index contributed by atoms with van der Waals surface area (Å²) < 4.78 is 11.0. The molecular weight excluding hydrogens is 310 g/mol. The van der Waals surface area contributed by atoms with Crippen LogP contribution in [-0.4, -0.2) is 48.2 Å². The summed E-state index contributed by atoms with van der Waals surface area (Å²) >= 11 is 0. The first-order chi connectivity index (χ1) is 11.5. The number of amides is 1. The van der Waals surface area contributed by atoms with Gasteiger partial charge in [0.25, 0.3) is 5.91 Å². The molecule has 1 N–H and O–H groups in total. The van der Waals surface area contributed by atoms with Gasteiger partial charge in [-0.2, -0.15) is 0 Å². The Hall–Kier alpha value is -2.50. The van der Waals surface area contributed by atoms with Gasteiger partial charge in [-0.1, -0.05) is 19.1 Å². The average molecular weight is 331 g/mol. The molecule has 1 heterocycles. The third-order valence-electron chi connectivity index (χ3n) is 4.35. The van der Waals surface area contributed by atoms with Crippen molar-refractivity contribution in [1.82, 2.24) is 4.90 Å². The zero-order chi connectivity index (χ0) is 17.3. The predicted molar refractivity (Wildman–Crippen MR) is 88.0 cm³/mol. The zero-order valence-electron chi connectivity index (χ0n) is 13.8. The molecule has 1 aromatic carbocycles. The number of hydrogen-bond donors (Lipinski definition) is 1. The van der Waals surface area contributed by atoms with Gasteiger partial charge in [-0.15, -0.1) is 0 Å². The number of aliphatic carboxylic acids is 1. The van der Waals surface area contributed by atoms with Gasteiger partial charge in [-0.25, -0.2) is 0 Å². The Morgan fingerprint density at radius 1 is 1.42 bits per heavy atom. The quantitative estimate of drug-likeness (QED) is 0.865. The van der Waals surface area contributed by atoms with E-state index in [1.807, 2.05) is 24.3 Å². The molecule has 1 fully saturated rings. The molecule has 1 aliphatic heterocycles. The van der Waals surface area contributed by atoms with Gasteiger partial charge in [-0.3, -0.25) is 9.59 Å². The first kappa shape index (κ1) is 16.4. The first-order valence-corrected chi connectivity index (χ1v) is 8.05. The third kappa shape index (κ3) is 3.22. The lowest BCUT2D eigenvalue weighted by Crippen LogP contribution is -2.40. The van der Waals surface area contributed by atoms with Gasteiger partial charge < -0.3 is 19.5 Å². The molecule has 0 radical (unpaired) electrons. The molecule has 1 aliphatic carbocycles. The Kier molecular flexibility index (Phi) is 4.46. The first-order valence-electron chi connectivity index (χ1n) is 8.05. The number of carboxylic acid groups (broad SMARTS) is 1. The van der Waals surface area contributed by atoms with Crippen molar-refractivity contribution in [2.24, 2.45) is 5.92 Å². The second-order valence-corrected chi connectivity index (χ2v) is 6.26. The van der Waals surface area contributed by atoms with E-state index >= 15 is 0 Å². The van der Waals surface area contributed by atoms with Crippen LogP contribution in [0.2, 0.25) is 0 Å². The van der Waals surface area contributed by atoms with Gasteiger partial charge >= 0.3 is 5.97 Å². The highest BCUT2D eigenvalue weighted by Gasteiger charge is 2.36. The Morgan fingerprint density at radius 3 is 2.79 bits per heavy atom. The van der Waals surface area contributed by atoms with Crippen LogP contribution in [0.3, 0.4) is 0 Å². The van der Waals surface area contributed by atoms with Crippen LogP contribution in [0.1, 0.15) is 25.3 Å². The summed E-state index contributed by atoms with van der Waals surface area (Å²) in [7, 11) is 1.57. The number of para-hydroxylation sites is 1. The van der Waals surface area contributed by atoms with Crippen LogP contribution in [0.5, 0.6) is 11.5 Å². The molecule has 3 rings (SSSR count). The monoisotopic (exact) mass is 331 g/mol. The molecular formula is C18H21NO5. The van der Waals surface area contributed by atoms with Crippen molar-refractivity contribution in [1.29, 1.82) is 0 Å². The third-order valence-corrected chi connectivity index (χ3v) is 4.35. The number of carbonyl (C=O) groups is 2. The van der Waals surface area contributed by atoms with Crippen LogP contribution in [0.4, 0.5) is 0 Å². The highest BCUT2D eigenvalue weighted by Crippen LogP contribution is 2.37.